The van der Waals surface area contributed by atoms with Gasteiger partial charge in [-0.25, -0.2) is 9.36 Å². The van der Waals surface area contributed by atoms with Crippen molar-refractivity contribution in [2.75, 3.05) is 6.61 Å². The molecule has 112 valence electrons. The molecular formula is C13H19O6P. The molecule has 0 saturated carbocycles. The monoisotopic (exact) mass is 302 g/mol. The summed E-state index contributed by atoms with van der Waals surface area (Å²) in [6.45, 7) is 2.48. The quantitative estimate of drug-likeness (QED) is 0.436. The minimum absolute atomic E-state index is 0.00201. The maximum atomic E-state index is 11.7. The lowest BCUT2D eigenvalue weighted by atomic mass is 10.2. The van der Waals surface area contributed by atoms with Crippen LogP contribution in [-0.2, 0) is 9.30 Å². The van der Waals surface area contributed by atoms with E-state index in [4.69, 9.17) is 14.5 Å². The molecule has 0 atom stereocenters. The summed E-state index contributed by atoms with van der Waals surface area (Å²) >= 11 is 0. The molecule has 1 rings (SSSR count). The van der Waals surface area contributed by atoms with Gasteiger partial charge in [0, 0.05) is 0 Å². The molecule has 0 fully saturated rings. The molecule has 20 heavy (non-hydrogen) atoms. The SMILES string of the molecule is CCCCCCOC(=O)c1ccc(OP(=O)(O)O)cc1. The maximum Gasteiger partial charge on any atom is 0.524 e. The molecule has 0 aromatic heterocycles. The van der Waals surface area contributed by atoms with Gasteiger partial charge in [-0.15, -0.1) is 0 Å². The van der Waals surface area contributed by atoms with Crippen molar-refractivity contribution < 1.29 is 28.4 Å². The van der Waals surface area contributed by atoms with E-state index in [-0.39, 0.29) is 5.75 Å². The average Bonchev–Trinajstić information content (AvgIpc) is 2.37. The summed E-state index contributed by atoms with van der Waals surface area (Å²) in [7, 11) is -4.57. The van der Waals surface area contributed by atoms with Crippen LogP contribution in [0.25, 0.3) is 0 Å². The fourth-order valence-corrected chi connectivity index (χ4v) is 1.96. The third-order valence-electron chi connectivity index (χ3n) is 2.55. The fourth-order valence-electron chi connectivity index (χ4n) is 1.57. The minimum Gasteiger partial charge on any atom is -0.462 e. The summed E-state index contributed by atoms with van der Waals surface area (Å²) in [5.74, 6) is -0.456. The number of rotatable bonds is 8. The van der Waals surface area contributed by atoms with Crippen LogP contribution < -0.4 is 4.52 Å². The van der Waals surface area contributed by atoms with Crippen LogP contribution in [0.5, 0.6) is 5.75 Å². The van der Waals surface area contributed by atoms with Crippen LogP contribution in [0.2, 0.25) is 0 Å². The van der Waals surface area contributed by atoms with Crippen LogP contribution in [0.15, 0.2) is 24.3 Å². The van der Waals surface area contributed by atoms with Crippen LogP contribution in [0.1, 0.15) is 43.0 Å². The highest BCUT2D eigenvalue weighted by Crippen LogP contribution is 2.37. The van der Waals surface area contributed by atoms with Gasteiger partial charge >= 0.3 is 13.8 Å². The van der Waals surface area contributed by atoms with E-state index in [2.05, 4.69) is 11.4 Å². The molecule has 0 bridgehead atoms. The number of phosphoric ester groups is 1. The molecular weight excluding hydrogens is 283 g/mol. The Morgan fingerprint density at radius 2 is 1.80 bits per heavy atom. The number of carbonyl (C=O) groups is 1. The molecule has 7 heteroatoms. The van der Waals surface area contributed by atoms with Crippen molar-refractivity contribution in [3.05, 3.63) is 29.8 Å². The van der Waals surface area contributed by atoms with Gasteiger partial charge in [0.1, 0.15) is 5.75 Å². The summed E-state index contributed by atoms with van der Waals surface area (Å²) in [5.41, 5.74) is 0.318. The molecule has 1 aromatic rings. The molecule has 0 unspecified atom stereocenters. The Morgan fingerprint density at radius 1 is 1.15 bits per heavy atom. The predicted octanol–water partition coefficient (Wildman–Crippen LogP) is 2.90. The van der Waals surface area contributed by atoms with Crippen molar-refractivity contribution in [2.45, 2.75) is 32.6 Å². The van der Waals surface area contributed by atoms with E-state index in [1.165, 1.54) is 24.3 Å². The molecule has 0 aliphatic carbocycles. The average molecular weight is 302 g/mol. The van der Waals surface area contributed by atoms with E-state index in [0.717, 1.165) is 25.7 Å². The number of hydrogen-bond donors (Lipinski definition) is 2. The molecule has 0 spiro atoms. The van der Waals surface area contributed by atoms with Crippen molar-refractivity contribution in [1.29, 1.82) is 0 Å². The van der Waals surface area contributed by atoms with E-state index in [1.54, 1.807) is 0 Å². The third-order valence-corrected chi connectivity index (χ3v) is 2.99. The van der Waals surface area contributed by atoms with Gasteiger partial charge in [-0.3, -0.25) is 9.79 Å². The molecule has 0 heterocycles. The van der Waals surface area contributed by atoms with Crippen molar-refractivity contribution in [3.8, 4) is 5.75 Å². The van der Waals surface area contributed by atoms with Crippen molar-refractivity contribution in [3.63, 3.8) is 0 Å². The first-order valence-corrected chi connectivity index (χ1v) is 7.97. The van der Waals surface area contributed by atoms with E-state index >= 15 is 0 Å². The van der Waals surface area contributed by atoms with Gasteiger partial charge in [0.2, 0.25) is 0 Å². The second-order valence-corrected chi connectivity index (χ2v) is 5.47. The highest BCUT2D eigenvalue weighted by Gasteiger charge is 2.16. The lowest BCUT2D eigenvalue weighted by Crippen LogP contribution is -2.06. The van der Waals surface area contributed by atoms with Gasteiger partial charge < -0.3 is 9.26 Å². The Labute approximate surface area is 118 Å². The fraction of sp³-hybridized carbons (Fsp3) is 0.462. The van der Waals surface area contributed by atoms with Gasteiger partial charge in [-0.05, 0) is 30.7 Å². The molecule has 0 aliphatic heterocycles. The predicted molar refractivity (Wildman–Crippen MR) is 73.5 cm³/mol. The zero-order valence-electron chi connectivity index (χ0n) is 11.3. The van der Waals surface area contributed by atoms with Gasteiger partial charge in [0.15, 0.2) is 0 Å². The van der Waals surface area contributed by atoms with Crippen LogP contribution in [-0.4, -0.2) is 22.4 Å². The molecule has 2 N–H and O–H groups in total. The summed E-state index contributed by atoms with van der Waals surface area (Å²) in [4.78, 5) is 28.9. The number of carbonyl (C=O) groups excluding carboxylic acids is 1. The zero-order chi connectivity index (χ0) is 15.0. The van der Waals surface area contributed by atoms with E-state index < -0.39 is 13.8 Å². The first-order chi connectivity index (χ1) is 9.42. The van der Waals surface area contributed by atoms with E-state index in [1.807, 2.05) is 0 Å². The normalized spacial score (nSPS) is 11.2. The summed E-state index contributed by atoms with van der Waals surface area (Å²) in [6, 6.07) is 5.43. The van der Waals surface area contributed by atoms with Crippen LogP contribution >= 0.6 is 7.82 Å². The summed E-state index contributed by atoms with van der Waals surface area (Å²) in [6.07, 6.45) is 4.10. The van der Waals surface area contributed by atoms with Crippen molar-refractivity contribution in [2.24, 2.45) is 0 Å². The Bertz CT molecular complexity index is 464. The summed E-state index contributed by atoms with van der Waals surface area (Å²) < 4.78 is 20.1. The molecule has 1 aromatic carbocycles. The van der Waals surface area contributed by atoms with Crippen molar-refractivity contribution >= 4 is 13.8 Å². The molecule has 0 saturated heterocycles. The lowest BCUT2D eigenvalue weighted by Gasteiger charge is -2.07. The van der Waals surface area contributed by atoms with Crippen LogP contribution in [0, 0.1) is 0 Å². The number of unbranched alkanes of at least 4 members (excludes halogenated alkanes) is 3. The lowest BCUT2D eigenvalue weighted by molar-refractivity contribution is 0.0498. The number of esters is 1. The second-order valence-electron chi connectivity index (χ2n) is 4.30. The number of benzene rings is 1. The molecule has 6 nitrogen and oxygen atoms in total. The highest BCUT2D eigenvalue weighted by atomic mass is 31.2. The van der Waals surface area contributed by atoms with Gasteiger partial charge in [-0.2, -0.15) is 0 Å². The van der Waals surface area contributed by atoms with Crippen LogP contribution in [0.3, 0.4) is 0 Å². The molecule has 0 aliphatic rings. The first-order valence-electron chi connectivity index (χ1n) is 6.44. The number of phosphoric acid groups is 1. The standard InChI is InChI=1S/C13H19O6P/c1-2-3-4-5-10-18-13(14)11-6-8-12(9-7-11)19-20(15,16)17/h6-9H,2-5,10H2,1H3,(H2,15,16,17). The molecule has 0 radical (unpaired) electrons. The third kappa shape index (κ3) is 6.70. The largest absolute Gasteiger partial charge is 0.524 e. The zero-order valence-corrected chi connectivity index (χ0v) is 12.2. The Balaban J connectivity index is 2.43. The minimum atomic E-state index is -4.57. The number of hydrogen-bond acceptors (Lipinski definition) is 4. The smallest absolute Gasteiger partial charge is 0.462 e. The van der Waals surface area contributed by atoms with Crippen LogP contribution in [0.4, 0.5) is 0 Å². The highest BCUT2D eigenvalue weighted by molar-refractivity contribution is 7.46. The topological polar surface area (TPSA) is 93.1 Å². The Morgan fingerprint density at radius 3 is 2.35 bits per heavy atom. The maximum absolute atomic E-state index is 11.7. The van der Waals surface area contributed by atoms with Gasteiger partial charge in [0.25, 0.3) is 0 Å². The van der Waals surface area contributed by atoms with Gasteiger partial charge in [-0.1, -0.05) is 26.2 Å². The first kappa shape index (κ1) is 16.7. The molecule has 0 amide bonds. The van der Waals surface area contributed by atoms with Crippen molar-refractivity contribution in [1.82, 2.24) is 0 Å². The van der Waals surface area contributed by atoms with Gasteiger partial charge in [0.05, 0.1) is 12.2 Å². The van der Waals surface area contributed by atoms with E-state index in [0.29, 0.717) is 12.2 Å². The Hall–Kier alpha value is -1.36. The second kappa shape index (κ2) is 8.04. The van der Waals surface area contributed by atoms with E-state index in [9.17, 15) is 9.36 Å². The Kier molecular flexibility index (Phi) is 6.71. The number of ether oxygens (including phenoxy) is 1. The summed E-state index contributed by atoms with van der Waals surface area (Å²) in [5, 5.41) is 0.